The quantitative estimate of drug-likeness (QED) is 0.750. The van der Waals surface area contributed by atoms with Crippen LogP contribution in [0.3, 0.4) is 0 Å². The van der Waals surface area contributed by atoms with E-state index >= 15 is 0 Å². The minimum atomic E-state index is 0.326. The Kier molecular flexibility index (Phi) is 1.69. The lowest BCUT2D eigenvalue weighted by atomic mass is 10.1. The van der Waals surface area contributed by atoms with Crippen LogP contribution in [0.15, 0.2) is 30.5 Å². The number of aromatic nitrogens is 1. The Morgan fingerprint density at radius 3 is 3.00 bits per heavy atom. The maximum atomic E-state index is 5.42. The number of anilines is 1. The molecule has 3 heterocycles. The van der Waals surface area contributed by atoms with E-state index in [0.29, 0.717) is 6.79 Å². The van der Waals surface area contributed by atoms with Crippen LogP contribution in [0.2, 0.25) is 0 Å². The van der Waals surface area contributed by atoms with Gasteiger partial charge in [0.25, 0.3) is 0 Å². The molecule has 4 heteroatoms. The van der Waals surface area contributed by atoms with Gasteiger partial charge in [-0.2, -0.15) is 0 Å². The van der Waals surface area contributed by atoms with Gasteiger partial charge in [-0.15, -0.1) is 0 Å². The number of ether oxygens (including phenoxy) is 2. The summed E-state index contributed by atoms with van der Waals surface area (Å²) in [5, 5.41) is 3.44. The van der Waals surface area contributed by atoms with Crippen LogP contribution in [0.25, 0.3) is 0 Å². The first kappa shape index (κ1) is 8.98. The van der Waals surface area contributed by atoms with Crippen LogP contribution in [0.1, 0.15) is 11.3 Å². The summed E-state index contributed by atoms with van der Waals surface area (Å²) in [5.41, 5.74) is 3.67. The van der Waals surface area contributed by atoms with E-state index in [1.165, 1.54) is 11.3 Å². The van der Waals surface area contributed by atoms with Gasteiger partial charge in [0.1, 0.15) is 0 Å². The monoisotopic (exact) mass is 228 g/mol. The lowest BCUT2D eigenvalue weighted by Gasteiger charge is -2.08. The van der Waals surface area contributed by atoms with Gasteiger partial charge in [-0.25, -0.2) is 0 Å². The molecule has 0 saturated carbocycles. The Labute approximate surface area is 98.8 Å². The Morgan fingerprint density at radius 2 is 2.06 bits per heavy atom. The van der Waals surface area contributed by atoms with Gasteiger partial charge in [0, 0.05) is 30.2 Å². The third kappa shape index (κ3) is 1.30. The highest BCUT2D eigenvalue weighted by molar-refractivity contribution is 5.62. The summed E-state index contributed by atoms with van der Waals surface area (Å²) in [7, 11) is 0. The van der Waals surface area contributed by atoms with Crippen molar-refractivity contribution in [2.45, 2.75) is 13.1 Å². The summed E-state index contributed by atoms with van der Waals surface area (Å²) in [6, 6.07) is 8.32. The van der Waals surface area contributed by atoms with E-state index in [-0.39, 0.29) is 0 Å². The number of rotatable bonds is 0. The van der Waals surface area contributed by atoms with Crippen LogP contribution in [0, 0.1) is 0 Å². The third-order valence-electron chi connectivity index (χ3n) is 3.32. The lowest BCUT2D eigenvalue weighted by Crippen LogP contribution is -2.01. The molecule has 0 aliphatic carbocycles. The molecule has 4 nitrogen and oxygen atoms in total. The van der Waals surface area contributed by atoms with Crippen LogP contribution in [-0.2, 0) is 13.1 Å². The van der Waals surface area contributed by atoms with E-state index in [0.717, 1.165) is 30.3 Å². The maximum absolute atomic E-state index is 5.42. The highest BCUT2D eigenvalue weighted by Gasteiger charge is 2.19. The summed E-state index contributed by atoms with van der Waals surface area (Å²) in [4.78, 5) is 0. The fraction of sp³-hybridized carbons (Fsp3) is 0.231. The first-order valence-electron chi connectivity index (χ1n) is 5.70. The van der Waals surface area contributed by atoms with Gasteiger partial charge >= 0.3 is 0 Å². The molecule has 0 radical (unpaired) electrons. The van der Waals surface area contributed by atoms with E-state index in [4.69, 9.17) is 9.47 Å². The van der Waals surface area contributed by atoms with Crippen molar-refractivity contribution in [1.82, 2.24) is 4.57 Å². The molecule has 0 spiro atoms. The van der Waals surface area contributed by atoms with Gasteiger partial charge < -0.3 is 19.4 Å². The zero-order chi connectivity index (χ0) is 11.2. The molecule has 0 amide bonds. The minimum absolute atomic E-state index is 0.326. The second-order valence-electron chi connectivity index (χ2n) is 4.34. The van der Waals surface area contributed by atoms with E-state index in [1.54, 1.807) is 0 Å². The standard InChI is InChI=1S/C13H12N2O2/c1-2-10-6-14-11-5-13-12(16-8-17-13)4-9(11)7-15(10)3-1/h1-5,14H,6-8H2. The molecule has 0 saturated heterocycles. The van der Waals surface area contributed by atoms with Gasteiger partial charge in [-0.1, -0.05) is 0 Å². The largest absolute Gasteiger partial charge is 0.454 e. The maximum Gasteiger partial charge on any atom is 0.231 e. The summed E-state index contributed by atoms with van der Waals surface area (Å²) < 4.78 is 13.1. The smallest absolute Gasteiger partial charge is 0.231 e. The second-order valence-corrected chi connectivity index (χ2v) is 4.34. The van der Waals surface area contributed by atoms with Gasteiger partial charge in [0.05, 0.1) is 6.54 Å². The summed E-state index contributed by atoms with van der Waals surface area (Å²) in [6.07, 6.45) is 2.11. The molecule has 1 aromatic heterocycles. The number of benzene rings is 1. The first-order valence-corrected chi connectivity index (χ1v) is 5.70. The van der Waals surface area contributed by atoms with E-state index in [2.05, 4.69) is 34.3 Å². The van der Waals surface area contributed by atoms with Crippen molar-refractivity contribution < 1.29 is 9.47 Å². The molecule has 2 aliphatic rings. The molecule has 17 heavy (non-hydrogen) atoms. The number of nitrogens with zero attached hydrogens (tertiary/aromatic N) is 1. The number of hydrogen-bond donors (Lipinski definition) is 1. The number of nitrogens with one attached hydrogen (secondary N) is 1. The Morgan fingerprint density at radius 1 is 1.18 bits per heavy atom. The highest BCUT2D eigenvalue weighted by atomic mass is 16.7. The fourth-order valence-electron chi connectivity index (χ4n) is 2.41. The van der Waals surface area contributed by atoms with Crippen molar-refractivity contribution in [2.24, 2.45) is 0 Å². The van der Waals surface area contributed by atoms with Crippen LogP contribution >= 0.6 is 0 Å². The van der Waals surface area contributed by atoms with Crippen LogP contribution in [0.5, 0.6) is 11.5 Å². The summed E-state index contributed by atoms with van der Waals surface area (Å²) in [6.45, 7) is 2.05. The Hall–Kier alpha value is -2.10. The topological polar surface area (TPSA) is 35.4 Å². The molecule has 2 aromatic rings. The van der Waals surface area contributed by atoms with Crippen LogP contribution < -0.4 is 14.8 Å². The van der Waals surface area contributed by atoms with Crippen molar-refractivity contribution in [3.63, 3.8) is 0 Å². The van der Waals surface area contributed by atoms with Crippen molar-refractivity contribution in [3.8, 4) is 11.5 Å². The lowest BCUT2D eigenvalue weighted by molar-refractivity contribution is 0.174. The average Bonchev–Trinajstić information content (AvgIpc) is 2.92. The van der Waals surface area contributed by atoms with Crippen LogP contribution in [-0.4, -0.2) is 11.4 Å². The molecule has 4 rings (SSSR count). The zero-order valence-electron chi connectivity index (χ0n) is 9.27. The molecule has 2 aliphatic heterocycles. The first-order chi connectivity index (χ1) is 8.40. The molecule has 86 valence electrons. The molecule has 0 fully saturated rings. The minimum Gasteiger partial charge on any atom is -0.454 e. The van der Waals surface area contributed by atoms with Gasteiger partial charge in [-0.3, -0.25) is 0 Å². The predicted octanol–water partition coefficient (Wildman–Crippen LogP) is 2.19. The molecule has 1 N–H and O–H groups in total. The molecular formula is C13H12N2O2. The molecule has 1 aromatic carbocycles. The average molecular weight is 228 g/mol. The molecular weight excluding hydrogens is 216 g/mol. The number of hydrogen-bond acceptors (Lipinski definition) is 3. The van der Waals surface area contributed by atoms with Crippen molar-refractivity contribution in [2.75, 3.05) is 12.1 Å². The summed E-state index contributed by atoms with van der Waals surface area (Å²) >= 11 is 0. The fourth-order valence-corrected chi connectivity index (χ4v) is 2.41. The molecule has 0 atom stereocenters. The van der Waals surface area contributed by atoms with E-state index in [9.17, 15) is 0 Å². The predicted molar refractivity (Wildman–Crippen MR) is 63.4 cm³/mol. The van der Waals surface area contributed by atoms with Crippen molar-refractivity contribution in [1.29, 1.82) is 0 Å². The van der Waals surface area contributed by atoms with E-state index < -0.39 is 0 Å². The van der Waals surface area contributed by atoms with Gasteiger partial charge in [-0.05, 0) is 23.8 Å². The molecule has 0 bridgehead atoms. The van der Waals surface area contributed by atoms with Gasteiger partial charge in [0.2, 0.25) is 6.79 Å². The second kappa shape index (κ2) is 3.20. The van der Waals surface area contributed by atoms with Crippen molar-refractivity contribution >= 4 is 5.69 Å². The third-order valence-corrected chi connectivity index (χ3v) is 3.32. The Balaban J connectivity index is 1.84. The molecule has 0 unspecified atom stereocenters. The Bertz CT molecular complexity index is 589. The number of fused-ring (bicyclic) bond motifs is 3. The normalized spacial score (nSPS) is 15.8. The van der Waals surface area contributed by atoms with Crippen molar-refractivity contribution in [3.05, 3.63) is 41.7 Å². The SMILES string of the molecule is c1cc2n(c1)Cc1cc3c(cc1NC2)OCO3. The highest BCUT2D eigenvalue weighted by Crippen LogP contribution is 2.38. The zero-order valence-corrected chi connectivity index (χ0v) is 9.27. The van der Waals surface area contributed by atoms with Crippen LogP contribution in [0.4, 0.5) is 5.69 Å². The van der Waals surface area contributed by atoms with Gasteiger partial charge in [0.15, 0.2) is 11.5 Å². The van der Waals surface area contributed by atoms with E-state index in [1.807, 2.05) is 6.07 Å². The summed E-state index contributed by atoms with van der Waals surface area (Å²) in [5.74, 6) is 1.68.